The van der Waals surface area contributed by atoms with Crippen LogP contribution in [0.25, 0.3) is 0 Å². The molecule has 6 heavy (non-hydrogen) atoms. The van der Waals surface area contributed by atoms with Gasteiger partial charge in [0.2, 0.25) is 0 Å². The number of hydrogen-bond donors (Lipinski definition) is 0. The first-order valence-electron chi connectivity index (χ1n) is 0.612. The second kappa shape index (κ2) is 9.09. The molecule has 0 aromatic rings. The second-order valence-electron chi connectivity index (χ2n) is 0.250. The number of rotatable bonds is 0. The average Bonchev–Trinajstić information content (AvgIpc) is 0.811. The fraction of sp³-hybridized carbons (Fsp3) is 0. The molecule has 0 radical (unpaired) electrons. The van der Waals surface area contributed by atoms with E-state index in [9.17, 15) is 0 Å². The van der Waals surface area contributed by atoms with Crippen LogP contribution in [0.5, 0.6) is 0 Å². The molecule has 0 atom stereocenters. The summed E-state index contributed by atoms with van der Waals surface area (Å²) >= 11 is 0. The first kappa shape index (κ1) is 16.1. The number of carbonyl (C=O) groups excluding carboxylic acids is 1. The zero-order valence-electron chi connectivity index (χ0n) is 3.43. The van der Waals surface area contributed by atoms with Gasteiger partial charge >= 0.3 is 38.3 Å². The summed E-state index contributed by atoms with van der Waals surface area (Å²) < 4.78 is 0. The molecule has 0 spiro atoms. The molecule has 0 aliphatic rings. The fourth-order valence-corrected chi connectivity index (χ4v) is 0. The van der Waals surface area contributed by atoms with Crippen molar-refractivity contribution in [1.82, 2.24) is 0 Å². The van der Waals surface area contributed by atoms with Crippen LogP contribution in [0.1, 0.15) is 0 Å². The molecule has 0 saturated heterocycles. The standard InChI is InChI=1S/CH2O3.Li.Zn/c2-1(3)4;;/h(H2,2,3,4);;/q;+1;+2/p-2. The molecular formula is CLiO3Zn+. The Balaban J connectivity index is -0.0000000450. The van der Waals surface area contributed by atoms with E-state index < -0.39 is 6.16 Å². The molecule has 5 heteroatoms. The van der Waals surface area contributed by atoms with Crippen LogP contribution in [-0.4, -0.2) is 6.16 Å². The topological polar surface area (TPSA) is 63.2 Å². The summed E-state index contributed by atoms with van der Waals surface area (Å²) in [5, 5.41) is 16.7. The van der Waals surface area contributed by atoms with Gasteiger partial charge in [-0.25, -0.2) is 0 Å². The van der Waals surface area contributed by atoms with Gasteiger partial charge in [0, 0.05) is 0 Å². The third kappa shape index (κ3) is 227. The Morgan fingerprint density at radius 1 is 1.33 bits per heavy atom. The van der Waals surface area contributed by atoms with E-state index in [-0.39, 0.29) is 38.3 Å². The molecule has 0 heterocycles. The van der Waals surface area contributed by atoms with Gasteiger partial charge in [0.25, 0.3) is 0 Å². The summed E-state index contributed by atoms with van der Waals surface area (Å²) in [6.07, 6.45) is -2.33. The number of carbonyl (C=O) groups is 1. The van der Waals surface area contributed by atoms with Crippen molar-refractivity contribution in [2.24, 2.45) is 0 Å². The maximum atomic E-state index is 8.33. The first-order chi connectivity index (χ1) is 1.73. The van der Waals surface area contributed by atoms with E-state index in [0.29, 0.717) is 0 Å². The Morgan fingerprint density at radius 3 is 1.33 bits per heavy atom. The van der Waals surface area contributed by atoms with Gasteiger partial charge < -0.3 is 15.0 Å². The van der Waals surface area contributed by atoms with Crippen LogP contribution in [0.15, 0.2) is 0 Å². The summed E-state index contributed by atoms with van der Waals surface area (Å²) in [6, 6.07) is 0. The minimum atomic E-state index is -2.33. The summed E-state index contributed by atoms with van der Waals surface area (Å²) in [5.41, 5.74) is 0. The van der Waals surface area contributed by atoms with Gasteiger partial charge in [0.05, 0.1) is 0 Å². The summed E-state index contributed by atoms with van der Waals surface area (Å²) in [6.45, 7) is 0. The molecular weight excluding hydrogens is 132 g/mol. The Bertz CT molecular complexity index is 33.8. The SMILES string of the molecule is O=C([O-])[O-].[Li+].[Zn+2]. The molecule has 0 unspecified atom stereocenters. The summed E-state index contributed by atoms with van der Waals surface area (Å²) in [5.74, 6) is 0. The van der Waals surface area contributed by atoms with Crippen molar-refractivity contribution in [2.75, 3.05) is 0 Å². The van der Waals surface area contributed by atoms with E-state index in [1.165, 1.54) is 0 Å². The van der Waals surface area contributed by atoms with Crippen molar-refractivity contribution >= 4 is 6.16 Å². The van der Waals surface area contributed by atoms with Gasteiger partial charge in [-0.05, 0) is 6.16 Å². The minimum Gasteiger partial charge on any atom is -0.652 e. The smallest absolute Gasteiger partial charge is 0.652 e. The fourth-order valence-electron chi connectivity index (χ4n) is 0. The molecule has 0 N–H and O–H groups in total. The van der Waals surface area contributed by atoms with Crippen molar-refractivity contribution in [1.29, 1.82) is 0 Å². The maximum Gasteiger partial charge on any atom is 2.00 e. The average molecular weight is 132 g/mol. The van der Waals surface area contributed by atoms with Crippen molar-refractivity contribution < 1.29 is 53.3 Å². The normalized spacial score (nSPS) is 4.00. The Morgan fingerprint density at radius 2 is 1.33 bits per heavy atom. The van der Waals surface area contributed by atoms with E-state index in [0.717, 1.165) is 0 Å². The van der Waals surface area contributed by atoms with Crippen molar-refractivity contribution in [3.8, 4) is 0 Å². The predicted molar refractivity (Wildman–Crippen MR) is 5.40 cm³/mol. The molecule has 0 rings (SSSR count). The maximum absolute atomic E-state index is 8.33. The predicted octanol–water partition coefficient (Wildman–Crippen LogP) is -5.45. The molecule has 0 aromatic carbocycles. The molecule has 3 nitrogen and oxygen atoms in total. The van der Waals surface area contributed by atoms with Gasteiger partial charge in [-0.3, -0.25) is 0 Å². The third-order valence-electron chi connectivity index (χ3n) is 0. The van der Waals surface area contributed by atoms with Crippen molar-refractivity contribution in [2.45, 2.75) is 0 Å². The van der Waals surface area contributed by atoms with E-state index in [1.54, 1.807) is 0 Å². The molecule has 0 fully saturated rings. The molecule has 0 bridgehead atoms. The number of carboxylic acid groups (broad SMARTS) is 2. The number of hydrogen-bond acceptors (Lipinski definition) is 3. The molecule has 24 valence electrons. The van der Waals surface area contributed by atoms with Gasteiger partial charge in [-0.2, -0.15) is 0 Å². The molecule has 0 aromatic heterocycles. The molecule has 0 saturated carbocycles. The van der Waals surface area contributed by atoms with E-state index in [2.05, 4.69) is 0 Å². The van der Waals surface area contributed by atoms with Crippen molar-refractivity contribution in [3.63, 3.8) is 0 Å². The van der Waals surface area contributed by atoms with Crippen LogP contribution < -0.4 is 29.1 Å². The van der Waals surface area contributed by atoms with E-state index in [1.807, 2.05) is 0 Å². The van der Waals surface area contributed by atoms with Gasteiger partial charge in [-0.1, -0.05) is 0 Å². The van der Waals surface area contributed by atoms with Crippen LogP contribution in [0.3, 0.4) is 0 Å². The molecule has 0 aliphatic heterocycles. The van der Waals surface area contributed by atoms with Crippen LogP contribution in [-0.2, 0) is 19.5 Å². The van der Waals surface area contributed by atoms with Crippen molar-refractivity contribution in [3.05, 3.63) is 0 Å². The second-order valence-corrected chi connectivity index (χ2v) is 0.250. The monoisotopic (exact) mass is 131 g/mol. The molecule has 0 amide bonds. The van der Waals surface area contributed by atoms with Gasteiger partial charge in [0.1, 0.15) is 0 Å². The Hall–Kier alpha value is 0.491. The summed E-state index contributed by atoms with van der Waals surface area (Å²) in [7, 11) is 0. The zero-order chi connectivity index (χ0) is 3.58. The zero-order valence-corrected chi connectivity index (χ0v) is 6.40. The van der Waals surface area contributed by atoms with Gasteiger partial charge in [0.15, 0.2) is 0 Å². The minimum absolute atomic E-state index is 0. The Labute approximate surface area is 59.7 Å². The van der Waals surface area contributed by atoms with Crippen LogP contribution in [0.2, 0.25) is 0 Å². The molecule has 0 aliphatic carbocycles. The van der Waals surface area contributed by atoms with E-state index >= 15 is 0 Å². The van der Waals surface area contributed by atoms with E-state index in [4.69, 9.17) is 15.0 Å². The largest absolute Gasteiger partial charge is 2.00 e. The summed E-state index contributed by atoms with van der Waals surface area (Å²) in [4.78, 5) is 8.33. The van der Waals surface area contributed by atoms with Crippen LogP contribution in [0.4, 0.5) is 4.79 Å². The quantitative estimate of drug-likeness (QED) is 0.309. The van der Waals surface area contributed by atoms with Gasteiger partial charge in [-0.15, -0.1) is 0 Å². The Kier molecular flexibility index (Phi) is 24.3. The third-order valence-corrected chi connectivity index (χ3v) is 0. The first-order valence-corrected chi connectivity index (χ1v) is 0.612. The van der Waals surface area contributed by atoms with Crippen LogP contribution >= 0.6 is 0 Å². The van der Waals surface area contributed by atoms with Crippen LogP contribution in [0, 0.1) is 0 Å².